The summed E-state index contributed by atoms with van der Waals surface area (Å²) in [5, 5.41) is 0.714. The molecule has 3 aromatic rings. The van der Waals surface area contributed by atoms with E-state index in [0.29, 0.717) is 30.5 Å². The highest BCUT2D eigenvalue weighted by molar-refractivity contribution is 6.30. The Morgan fingerprint density at radius 3 is 2.52 bits per heavy atom. The lowest BCUT2D eigenvalue weighted by molar-refractivity contribution is 0.00309. The second kappa shape index (κ2) is 10.1. The number of hydrogen-bond acceptors (Lipinski definition) is 4. The van der Waals surface area contributed by atoms with E-state index < -0.39 is 0 Å². The van der Waals surface area contributed by atoms with Gasteiger partial charge in [0.05, 0.1) is 19.0 Å². The lowest BCUT2D eigenvalue weighted by Crippen LogP contribution is -2.49. The van der Waals surface area contributed by atoms with Crippen LogP contribution in [-0.4, -0.2) is 48.4 Å². The molecular formula is C25H27ClN2O3. The Kier molecular flexibility index (Phi) is 7.07. The Morgan fingerprint density at radius 1 is 1.06 bits per heavy atom. The van der Waals surface area contributed by atoms with E-state index in [4.69, 9.17) is 20.8 Å². The number of piperazine rings is 1. The molecule has 6 heteroatoms. The maximum atomic E-state index is 12.5. The molecule has 0 radical (unpaired) electrons. The predicted molar refractivity (Wildman–Crippen MR) is 121 cm³/mol. The normalized spacial score (nSPS) is 15.7. The number of hydrogen-bond donors (Lipinski definition) is 0. The third-order valence-corrected chi connectivity index (χ3v) is 5.84. The zero-order valence-corrected chi connectivity index (χ0v) is 18.4. The summed E-state index contributed by atoms with van der Waals surface area (Å²) in [6.45, 7) is 6.33. The summed E-state index contributed by atoms with van der Waals surface area (Å²) in [5.41, 5.74) is 3.49. The van der Waals surface area contributed by atoms with Gasteiger partial charge in [-0.3, -0.25) is 9.69 Å². The molecule has 162 valence electrons. The molecule has 0 aliphatic carbocycles. The van der Waals surface area contributed by atoms with Crippen molar-refractivity contribution in [3.05, 3.63) is 94.4 Å². The molecule has 1 amide bonds. The SMILES string of the molecule is Cc1cccc(COC(CN2CCN(C(=O)c3ccco3)CC2)c2ccc(Cl)cc2)c1. The molecule has 0 saturated carbocycles. The highest BCUT2D eigenvalue weighted by Gasteiger charge is 2.26. The van der Waals surface area contributed by atoms with Crippen molar-refractivity contribution < 1.29 is 13.9 Å². The Morgan fingerprint density at radius 2 is 1.84 bits per heavy atom. The summed E-state index contributed by atoms with van der Waals surface area (Å²) in [4.78, 5) is 16.7. The molecule has 2 heterocycles. The smallest absolute Gasteiger partial charge is 0.289 e. The number of carbonyl (C=O) groups is 1. The van der Waals surface area contributed by atoms with Gasteiger partial charge in [0, 0.05) is 37.7 Å². The van der Waals surface area contributed by atoms with E-state index >= 15 is 0 Å². The van der Waals surface area contributed by atoms with Gasteiger partial charge in [-0.1, -0.05) is 53.6 Å². The van der Waals surface area contributed by atoms with E-state index in [2.05, 4.69) is 36.1 Å². The number of halogens is 1. The summed E-state index contributed by atoms with van der Waals surface area (Å²) < 4.78 is 11.6. The molecule has 1 atom stereocenters. The van der Waals surface area contributed by atoms with Gasteiger partial charge in [0.15, 0.2) is 5.76 Å². The first-order chi connectivity index (χ1) is 15.1. The number of nitrogens with zero attached hydrogens (tertiary/aromatic N) is 2. The van der Waals surface area contributed by atoms with Crippen molar-refractivity contribution in [3.63, 3.8) is 0 Å². The van der Waals surface area contributed by atoms with E-state index in [9.17, 15) is 4.79 Å². The third kappa shape index (κ3) is 5.76. The Balaban J connectivity index is 1.39. The van der Waals surface area contributed by atoms with Crippen molar-refractivity contribution in [2.24, 2.45) is 0 Å². The van der Waals surface area contributed by atoms with E-state index in [-0.39, 0.29) is 12.0 Å². The molecule has 1 aromatic heterocycles. The summed E-state index contributed by atoms with van der Waals surface area (Å²) in [6, 6.07) is 19.7. The van der Waals surface area contributed by atoms with Crippen LogP contribution in [0, 0.1) is 6.92 Å². The summed E-state index contributed by atoms with van der Waals surface area (Å²) in [7, 11) is 0. The first-order valence-electron chi connectivity index (χ1n) is 10.6. The summed E-state index contributed by atoms with van der Waals surface area (Å²) in [5.74, 6) is 0.351. The molecule has 5 nitrogen and oxygen atoms in total. The standard InChI is InChI=1S/C25H27ClN2O3/c1-19-4-2-5-20(16-19)18-31-24(21-7-9-22(26)10-8-21)17-27-11-13-28(14-12-27)25(29)23-6-3-15-30-23/h2-10,15-16,24H,11-14,17-18H2,1H3. The maximum Gasteiger partial charge on any atom is 0.289 e. The molecule has 1 fully saturated rings. The number of amides is 1. The van der Waals surface area contributed by atoms with Crippen LogP contribution in [0.4, 0.5) is 0 Å². The minimum Gasteiger partial charge on any atom is -0.459 e. The molecule has 31 heavy (non-hydrogen) atoms. The van der Waals surface area contributed by atoms with Gasteiger partial charge in [-0.15, -0.1) is 0 Å². The monoisotopic (exact) mass is 438 g/mol. The van der Waals surface area contributed by atoms with Crippen LogP contribution in [-0.2, 0) is 11.3 Å². The van der Waals surface area contributed by atoms with Crippen molar-refractivity contribution in [2.45, 2.75) is 19.6 Å². The topological polar surface area (TPSA) is 45.9 Å². The van der Waals surface area contributed by atoms with Gasteiger partial charge >= 0.3 is 0 Å². The number of rotatable bonds is 7. The average molecular weight is 439 g/mol. The largest absolute Gasteiger partial charge is 0.459 e. The number of furan rings is 1. The van der Waals surface area contributed by atoms with E-state index in [0.717, 1.165) is 30.8 Å². The summed E-state index contributed by atoms with van der Waals surface area (Å²) in [6.07, 6.45) is 1.45. The molecule has 1 aliphatic heterocycles. The fraction of sp³-hybridized carbons (Fsp3) is 0.320. The van der Waals surface area contributed by atoms with Crippen LogP contribution in [0.1, 0.15) is 33.3 Å². The number of carbonyl (C=O) groups excluding carboxylic acids is 1. The van der Waals surface area contributed by atoms with Gasteiger partial charge in [-0.05, 0) is 42.3 Å². The lowest BCUT2D eigenvalue weighted by Gasteiger charge is -2.36. The van der Waals surface area contributed by atoms with Gasteiger partial charge in [0.2, 0.25) is 0 Å². The van der Waals surface area contributed by atoms with Crippen LogP contribution in [0.5, 0.6) is 0 Å². The van der Waals surface area contributed by atoms with Crippen LogP contribution in [0.3, 0.4) is 0 Å². The van der Waals surface area contributed by atoms with Crippen LogP contribution < -0.4 is 0 Å². The molecule has 2 aromatic carbocycles. The molecule has 0 bridgehead atoms. The minimum atomic E-state index is -0.0786. The molecule has 4 rings (SSSR count). The van der Waals surface area contributed by atoms with Gasteiger partial charge in [-0.25, -0.2) is 0 Å². The van der Waals surface area contributed by atoms with Gasteiger partial charge in [0.25, 0.3) is 5.91 Å². The molecule has 1 saturated heterocycles. The Hall–Kier alpha value is -2.60. The van der Waals surface area contributed by atoms with E-state index in [1.165, 1.54) is 11.8 Å². The van der Waals surface area contributed by atoms with Crippen LogP contribution >= 0.6 is 11.6 Å². The zero-order valence-electron chi connectivity index (χ0n) is 17.7. The van der Waals surface area contributed by atoms with Gasteiger partial charge in [0.1, 0.15) is 0 Å². The molecule has 1 unspecified atom stereocenters. The Labute approximate surface area is 188 Å². The first kappa shape index (κ1) is 21.6. The fourth-order valence-corrected chi connectivity index (χ4v) is 3.98. The van der Waals surface area contributed by atoms with Crippen LogP contribution in [0.2, 0.25) is 5.02 Å². The molecule has 0 spiro atoms. The van der Waals surface area contributed by atoms with Crippen molar-refractivity contribution >= 4 is 17.5 Å². The second-order valence-corrected chi connectivity index (χ2v) is 8.35. The average Bonchev–Trinajstić information content (AvgIpc) is 3.32. The lowest BCUT2D eigenvalue weighted by atomic mass is 10.1. The first-order valence-corrected chi connectivity index (χ1v) is 10.9. The predicted octanol–water partition coefficient (Wildman–Crippen LogP) is 4.96. The van der Waals surface area contributed by atoms with Crippen molar-refractivity contribution in [2.75, 3.05) is 32.7 Å². The fourth-order valence-electron chi connectivity index (χ4n) is 3.85. The Bertz CT molecular complexity index is 980. The molecular weight excluding hydrogens is 412 g/mol. The summed E-state index contributed by atoms with van der Waals surface area (Å²) >= 11 is 6.09. The van der Waals surface area contributed by atoms with Crippen molar-refractivity contribution in [3.8, 4) is 0 Å². The number of ether oxygens (including phenoxy) is 1. The van der Waals surface area contributed by atoms with Gasteiger partial charge in [-0.2, -0.15) is 0 Å². The zero-order chi connectivity index (χ0) is 21.6. The minimum absolute atomic E-state index is 0.0467. The van der Waals surface area contributed by atoms with Crippen molar-refractivity contribution in [1.82, 2.24) is 9.80 Å². The highest BCUT2D eigenvalue weighted by atomic mass is 35.5. The second-order valence-electron chi connectivity index (χ2n) is 7.91. The maximum absolute atomic E-state index is 12.5. The van der Waals surface area contributed by atoms with E-state index in [1.54, 1.807) is 12.1 Å². The highest BCUT2D eigenvalue weighted by Crippen LogP contribution is 2.24. The number of benzene rings is 2. The van der Waals surface area contributed by atoms with E-state index in [1.807, 2.05) is 29.2 Å². The number of aryl methyl sites for hydroxylation is 1. The molecule has 1 aliphatic rings. The third-order valence-electron chi connectivity index (χ3n) is 5.59. The van der Waals surface area contributed by atoms with Crippen molar-refractivity contribution in [1.29, 1.82) is 0 Å². The molecule has 0 N–H and O–H groups in total. The van der Waals surface area contributed by atoms with Gasteiger partial charge < -0.3 is 14.1 Å². The van der Waals surface area contributed by atoms with Crippen LogP contribution in [0.25, 0.3) is 0 Å². The van der Waals surface area contributed by atoms with Crippen LogP contribution in [0.15, 0.2) is 71.3 Å². The quantitative estimate of drug-likeness (QED) is 0.523.